The molecule has 0 radical (unpaired) electrons. The van der Waals surface area contributed by atoms with Crippen LogP contribution in [0.2, 0.25) is 0 Å². The van der Waals surface area contributed by atoms with Crippen LogP contribution in [0, 0.1) is 0 Å². The standard InChI is InChI=1S/C19H31NO2/c1-3-4-5-6-7-8-9-16-10-12-17(13-11-16)14-18(22)19(20)15(2)21/h10-13,15,19,21H,3-9,14,20H2,1-2H3/t15-,19-/m0/s1. The third-order valence-electron chi connectivity index (χ3n) is 4.11. The molecule has 0 saturated heterocycles. The molecule has 2 atom stereocenters. The molecule has 1 aromatic carbocycles. The Morgan fingerprint density at radius 3 is 2.18 bits per heavy atom. The zero-order valence-electron chi connectivity index (χ0n) is 14.1. The Hall–Kier alpha value is -1.19. The number of aliphatic hydroxyl groups excluding tert-OH is 1. The van der Waals surface area contributed by atoms with E-state index in [1.54, 1.807) is 6.92 Å². The van der Waals surface area contributed by atoms with Crippen molar-refractivity contribution in [2.24, 2.45) is 5.73 Å². The molecule has 0 bridgehead atoms. The van der Waals surface area contributed by atoms with Gasteiger partial charge in [0.25, 0.3) is 0 Å². The van der Waals surface area contributed by atoms with Crippen molar-refractivity contribution in [3.8, 4) is 0 Å². The lowest BCUT2D eigenvalue weighted by atomic mass is 9.99. The number of unbranched alkanes of at least 4 members (excludes halogenated alkanes) is 5. The lowest BCUT2D eigenvalue weighted by molar-refractivity contribution is -0.121. The molecule has 0 unspecified atom stereocenters. The molecule has 3 N–H and O–H groups in total. The van der Waals surface area contributed by atoms with E-state index < -0.39 is 12.1 Å². The molecule has 3 nitrogen and oxygen atoms in total. The fourth-order valence-electron chi connectivity index (χ4n) is 2.52. The predicted molar refractivity (Wildman–Crippen MR) is 91.9 cm³/mol. The van der Waals surface area contributed by atoms with Gasteiger partial charge in [-0.15, -0.1) is 0 Å². The van der Waals surface area contributed by atoms with Crippen LogP contribution in [0.4, 0.5) is 0 Å². The van der Waals surface area contributed by atoms with Crippen molar-refractivity contribution in [2.45, 2.75) is 77.4 Å². The van der Waals surface area contributed by atoms with Crippen molar-refractivity contribution in [2.75, 3.05) is 0 Å². The minimum absolute atomic E-state index is 0.112. The Balaban J connectivity index is 2.32. The second kappa shape index (κ2) is 10.5. The number of carbonyl (C=O) groups excluding carboxylic acids is 1. The lowest BCUT2D eigenvalue weighted by Crippen LogP contribution is -2.41. The maximum Gasteiger partial charge on any atom is 0.156 e. The van der Waals surface area contributed by atoms with Gasteiger partial charge in [0.1, 0.15) is 0 Å². The molecule has 124 valence electrons. The molecule has 0 heterocycles. The van der Waals surface area contributed by atoms with Crippen molar-refractivity contribution in [1.82, 2.24) is 0 Å². The number of hydrogen-bond acceptors (Lipinski definition) is 3. The normalized spacial score (nSPS) is 13.8. The SMILES string of the molecule is CCCCCCCCc1ccc(CC(=O)[C@@H](N)[C@H](C)O)cc1. The maximum absolute atomic E-state index is 11.9. The van der Waals surface area contributed by atoms with Crippen LogP contribution in [0.15, 0.2) is 24.3 Å². The Kier molecular flexibility index (Phi) is 9.02. The minimum Gasteiger partial charge on any atom is -0.391 e. The summed E-state index contributed by atoms with van der Waals surface area (Å²) in [5.41, 5.74) is 7.94. The van der Waals surface area contributed by atoms with Crippen LogP contribution >= 0.6 is 0 Å². The van der Waals surface area contributed by atoms with Crippen molar-refractivity contribution in [1.29, 1.82) is 0 Å². The molecule has 1 aromatic rings. The van der Waals surface area contributed by atoms with E-state index in [0.717, 1.165) is 12.0 Å². The van der Waals surface area contributed by atoms with Gasteiger partial charge in [-0.2, -0.15) is 0 Å². The number of carbonyl (C=O) groups is 1. The molecule has 0 amide bonds. The maximum atomic E-state index is 11.9. The number of nitrogens with two attached hydrogens (primary N) is 1. The lowest BCUT2D eigenvalue weighted by Gasteiger charge is -2.13. The molecule has 0 aliphatic heterocycles. The highest BCUT2D eigenvalue weighted by Gasteiger charge is 2.18. The molecular formula is C19H31NO2. The number of rotatable bonds is 11. The van der Waals surface area contributed by atoms with Gasteiger partial charge in [-0.1, -0.05) is 63.3 Å². The molecule has 3 heteroatoms. The first-order valence-electron chi connectivity index (χ1n) is 8.58. The van der Waals surface area contributed by atoms with Gasteiger partial charge >= 0.3 is 0 Å². The van der Waals surface area contributed by atoms with E-state index in [2.05, 4.69) is 19.1 Å². The van der Waals surface area contributed by atoms with E-state index in [1.807, 2.05) is 12.1 Å². The summed E-state index contributed by atoms with van der Waals surface area (Å²) in [5, 5.41) is 9.34. The van der Waals surface area contributed by atoms with Crippen molar-refractivity contribution in [3.05, 3.63) is 35.4 Å². The quantitative estimate of drug-likeness (QED) is 0.616. The van der Waals surface area contributed by atoms with Crippen molar-refractivity contribution in [3.63, 3.8) is 0 Å². The van der Waals surface area contributed by atoms with E-state index >= 15 is 0 Å². The topological polar surface area (TPSA) is 63.3 Å². The summed E-state index contributed by atoms with van der Waals surface area (Å²) in [4.78, 5) is 11.9. The van der Waals surface area contributed by atoms with E-state index in [0.29, 0.717) is 6.42 Å². The van der Waals surface area contributed by atoms with Gasteiger partial charge in [-0.3, -0.25) is 4.79 Å². The summed E-state index contributed by atoms with van der Waals surface area (Å²) in [6.45, 7) is 3.78. The van der Waals surface area contributed by atoms with Gasteiger partial charge in [0.15, 0.2) is 5.78 Å². The Morgan fingerprint density at radius 2 is 1.59 bits per heavy atom. The number of hydrogen-bond donors (Lipinski definition) is 2. The molecule has 0 aliphatic rings. The van der Waals surface area contributed by atoms with Gasteiger partial charge in [-0.05, 0) is 30.9 Å². The number of Topliss-reactive ketones (excluding diaryl/α,β-unsaturated/α-hetero) is 1. The molecular weight excluding hydrogens is 274 g/mol. The third kappa shape index (κ3) is 7.19. The van der Waals surface area contributed by atoms with Crippen LogP contribution in [0.25, 0.3) is 0 Å². The fraction of sp³-hybridized carbons (Fsp3) is 0.632. The smallest absolute Gasteiger partial charge is 0.156 e. The second-order valence-corrected chi connectivity index (χ2v) is 6.24. The van der Waals surface area contributed by atoms with Gasteiger partial charge in [0.2, 0.25) is 0 Å². The molecule has 0 aliphatic carbocycles. The number of benzene rings is 1. The van der Waals surface area contributed by atoms with Crippen molar-refractivity contribution >= 4 is 5.78 Å². The highest BCUT2D eigenvalue weighted by atomic mass is 16.3. The van der Waals surface area contributed by atoms with Crippen LogP contribution in [0.5, 0.6) is 0 Å². The van der Waals surface area contributed by atoms with E-state index in [4.69, 9.17) is 5.73 Å². The molecule has 22 heavy (non-hydrogen) atoms. The molecule has 0 aromatic heterocycles. The molecule has 0 spiro atoms. The average Bonchev–Trinajstić information content (AvgIpc) is 2.51. The summed E-state index contributed by atoms with van der Waals surface area (Å²) in [7, 11) is 0. The van der Waals surface area contributed by atoms with Gasteiger partial charge in [0, 0.05) is 6.42 Å². The first kappa shape index (κ1) is 18.9. The molecule has 0 fully saturated rings. The fourth-order valence-corrected chi connectivity index (χ4v) is 2.52. The number of aryl methyl sites for hydroxylation is 1. The summed E-state index contributed by atoms with van der Waals surface area (Å²) < 4.78 is 0. The Labute approximate surface area is 134 Å². The summed E-state index contributed by atoms with van der Waals surface area (Å²) >= 11 is 0. The molecule has 1 rings (SSSR count). The average molecular weight is 305 g/mol. The van der Waals surface area contributed by atoms with Gasteiger partial charge in [-0.25, -0.2) is 0 Å². The number of aliphatic hydroxyl groups is 1. The van der Waals surface area contributed by atoms with Crippen molar-refractivity contribution < 1.29 is 9.90 Å². The monoisotopic (exact) mass is 305 g/mol. The van der Waals surface area contributed by atoms with E-state index in [9.17, 15) is 9.90 Å². The second-order valence-electron chi connectivity index (χ2n) is 6.24. The first-order valence-corrected chi connectivity index (χ1v) is 8.58. The summed E-state index contributed by atoms with van der Waals surface area (Å²) in [6.07, 6.45) is 8.45. The van der Waals surface area contributed by atoms with Gasteiger partial charge < -0.3 is 10.8 Å². The van der Waals surface area contributed by atoms with E-state index in [-0.39, 0.29) is 5.78 Å². The van der Waals surface area contributed by atoms with Crippen LogP contribution in [-0.4, -0.2) is 23.0 Å². The van der Waals surface area contributed by atoms with Gasteiger partial charge in [0.05, 0.1) is 12.1 Å². The highest BCUT2D eigenvalue weighted by molar-refractivity contribution is 5.86. The third-order valence-corrected chi connectivity index (χ3v) is 4.11. The highest BCUT2D eigenvalue weighted by Crippen LogP contribution is 2.12. The van der Waals surface area contributed by atoms with E-state index in [1.165, 1.54) is 44.1 Å². The summed E-state index contributed by atoms with van der Waals surface area (Å²) in [6, 6.07) is 7.41. The van der Waals surface area contributed by atoms with Crippen LogP contribution in [0.1, 0.15) is 63.5 Å². The Morgan fingerprint density at radius 1 is 1.05 bits per heavy atom. The van der Waals surface area contributed by atoms with Crippen LogP contribution in [0.3, 0.4) is 0 Å². The molecule has 0 saturated carbocycles. The predicted octanol–water partition coefficient (Wildman–Crippen LogP) is 3.41. The van der Waals surface area contributed by atoms with Crippen LogP contribution < -0.4 is 5.73 Å². The van der Waals surface area contributed by atoms with Crippen LogP contribution in [-0.2, 0) is 17.6 Å². The largest absolute Gasteiger partial charge is 0.391 e. The number of ketones is 1. The first-order chi connectivity index (χ1) is 10.5. The zero-order valence-corrected chi connectivity index (χ0v) is 14.1. The minimum atomic E-state index is -0.792. The summed E-state index contributed by atoms with van der Waals surface area (Å²) in [5.74, 6) is -0.112. The Bertz CT molecular complexity index is 426. The zero-order chi connectivity index (χ0) is 16.4.